The summed E-state index contributed by atoms with van der Waals surface area (Å²) in [7, 11) is 0. The van der Waals surface area contributed by atoms with E-state index in [1.807, 2.05) is 48.5 Å². The number of benzene rings is 2. The van der Waals surface area contributed by atoms with Crippen LogP contribution in [0.25, 0.3) is 0 Å². The van der Waals surface area contributed by atoms with Gasteiger partial charge in [-0.3, -0.25) is 4.90 Å². The van der Waals surface area contributed by atoms with Crippen LogP contribution in [0.3, 0.4) is 0 Å². The van der Waals surface area contributed by atoms with Crippen LogP contribution in [-0.2, 0) is 0 Å². The summed E-state index contributed by atoms with van der Waals surface area (Å²) in [5.74, 6) is 0.728. The van der Waals surface area contributed by atoms with Gasteiger partial charge in [0, 0.05) is 11.6 Å². The van der Waals surface area contributed by atoms with Gasteiger partial charge in [-0.1, -0.05) is 35.9 Å². The zero-order valence-electron chi connectivity index (χ0n) is 11.1. The third-order valence-electron chi connectivity index (χ3n) is 3.94. The van der Waals surface area contributed by atoms with Crippen LogP contribution in [-0.4, -0.2) is 18.6 Å². The lowest BCUT2D eigenvalue weighted by Crippen LogP contribution is -2.43. The largest absolute Gasteiger partial charge is 0.481 e. The molecule has 0 saturated carbocycles. The van der Waals surface area contributed by atoms with Gasteiger partial charge in [0.05, 0.1) is 11.7 Å². The van der Waals surface area contributed by atoms with Crippen molar-refractivity contribution in [3.63, 3.8) is 0 Å². The van der Waals surface area contributed by atoms with E-state index in [-0.39, 0.29) is 18.2 Å². The normalized spacial score (nSPS) is 23.1. The second-order valence-electron chi connectivity index (χ2n) is 5.18. The maximum absolute atomic E-state index is 12.1. The second kappa shape index (κ2) is 4.67. The first kappa shape index (κ1) is 12.5. The number of carbonyl (C=O) groups is 1. The lowest BCUT2D eigenvalue weighted by molar-refractivity contribution is 0.165. The summed E-state index contributed by atoms with van der Waals surface area (Å²) in [5, 5.41) is 3.58. The van der Waals surface area contributed by atoms with E-state index in [2.05, 4.69) is 5.32 Å². The number of fused-ring (bicyclic) bond motifs is 3. The molecule has 0 aliphatic carbocycles. The Labute approximate surface area is 127 Å². The van der Waals surface area contributed by atoms with Crippen molar-refractivity contribution in [2.24, 2.45) is 0 Å². The summed E-state index contributed by atoms with van der Waals surface area (Å²) < 4.78 is 6.14. The van der Waals surface area contributed by atoms with Crippen molar-refractivity contribution >= 4 is 23.3 Å². The third-order valence-corrected chi connectivity index (χ3v) is 4.19. The molecule has 2 unspecified atom stereocenters. The minimum absolute atomic E-state index is 0.0476. The number of anilines is 1. The summed E-state index contributed by atoms with van der Waals surface area (Å²) >= 11 is 5.95. The molecule has 2 aliphatic rings. The molecule has 0 bridgehead atoms. The number of rotatable bonds is 1. The van der Waals surface area contributed by atoms with Crippen molar-refractivity contribution in [3.8, 4) is 5.75 Å². The van der Waals surface area contributed by atoms with E-state index in [0.717, 1.165) is 17.0 Å². The molecule has 2 heterocycles. The Morgan fingerprint density at radius 2 is 1.90 bits per heavy atom. The number of amides is 2. The molecule has 0 spiro atoms. The van der Waals surface area contributed by atoms with E-state index >= 15 is 0 Å². The number of para-hydroxylation sites is 2. The quantitative estimate of drug-likeness (QED) is 0.877. The van der Waals surface area contributed by atoms with Crippen LogP contribution >= 0.6 is 11.6 Å². The number of nitrogens with one attached hydrogen (secondary N) is 1. The maximum Gasteiger partial charge on any atom is 0.322 e. The second-order valence-corrected chi connectivity index (χ2v) is 5.62. The highest BCUT2D eigenvalue weighted by Gasteiger charge is 2.44. The summed E-state index contributed by atoms with van der Waals surface area (Å²) in [6, 6.07) is 15.1. The number of carbonyl (C=O) groups excluding carboxylic acids is 1. The molecule has 4 rings (SSSR count). The van der Waals surface area contributed by atoms with Gasteiger partial charge in [-0.05, 0) is 29.8 Å². The van der Waals surface area contributed by atoms with Gasteiger partial charge in [0.25, 0.3) is 0 Å². The Morgan fingerprint density at radius 1 is 1.14 bits per heavy atom. The van der Waals surface area contributed by atoms with Crippen LogP contribution in [0, 0.1) is 0 Å². The fourth-order valence-electron chi connectivity index (χ4n) is 2.96. The predicted octanol–water partition coefficient (Wildman–Crippen LogP) is 3.37. The average molecular weight is 301 g/mol. The average Bonchev–Trinajstić information content (AvgIpc) is 2.90. The number of nitrogens with zero attached hydrogens (tertiary/aromatic N) is 1. The Balaban J connectivity index is 1.80. The third kappa shape index (κ3) is 1.94. The molecule has 2 atom stereocenters. The number of halogens is 1. The van der Waals surface area contributed by atoms with Crippen LogP contribution in [0.15, 0.2) is 48.5 Å². The molecular formula is C16H13ClN2O2. The Morgan fingerprint density at radius 3 is 2.71 bits per heavy atom. The lowest BCUT2D eigenvalue weighted by Gasteiger charge is -2.37. The zero-order valence-corrected chi connectivity index (χ0v) is 11.9. The summed E-state index contributed by atoms with van der Waals surface area (Å²) in [6.45, 7) is 0.570. The summed E-state index contributed by atoms with van der Waals surface area (Å²) in [4.78, 5) is 13.9. The molecule has 2 aliphatic heterocycles. The van der Waals surface area contributed by atoms with Crippen LogP contribution in [0.5, 0.6) is 5.75 Å². The molecule has 0 aromatic heterocycles. The van der Waals surface area contributed by atoms with E-state index in [9.17, 15) is 4.79 Å². The summed E-state index contributed by atoms with van der Waals surface area (Å²) in [6.07, 6.45) is -0.198. The van der Waals surface area contributed by atoms with Gasteiger partial charge < -0.3 is 10.1 Å². The molecule has 106 valence electrons. The Kier molecular flexibility index (Phi) is 2.79. The molecule has 2 aromatic carbocycles. The molecule has 1 fully saturated rings. The van der Waals surface area contributed by atoms with Gasteiger partial charge in [-0.15, -0.1) is 0 Å². The smallest absolute Gasteiger partial charge is 0.322 e. The van der Waals surface area contributed by atoms with Gasteiger partial charge in [0.15, 0.2) is 0 Å². The van der Waals surface area contributed by atoms with Crippen molar-refractivity contribution < 1.29 is 9.53 Å². The minimum Gasteiger partial charge on any atom is -0.481 e. The summed E-state index contributed by atoms with van der Waals surface area (Å²) in [5.41, 5.74) is 1.84. The molecule has 1 N–H and O–H groups in total. The topological polar surface area (TPSA) is 41.6 Å². The Bertz CT molecular complexity index is 702. The highest BCUT2D eigenvalue weighted by atomic mass is 35.5. The molecule has 4 nitrogen and oxygen atoms in total. The first-order valence-electron chi connectivity index (χ1n) is 6.82. The van der Waals surface area contributed by atoms with Crippen LogP contribution in [0.4, 0.5) is 10.5 Å². The predicted molar refractivity (Wildman–Crippen MR) is 80.9 cm³/mol. The lowest BCUT2D eigenvalue weighted by atomic mass is 9.99. The van der Waals surface area contributed by atoms with Crippen molar-refractivity contribution in [2.45, 2.75) is 12.1 Å². The zero-order chi connectivity index (χ0) is 14.4. The number of hydrogen-bond acceptors (Lipinski definition) is 2. The van der Waals surface area contributed by atoms with Gasteiger partial charge in [-0.25, -0.2) is 4.79 Å². The van der Waals surface area contributed by atoms with Crippen molar-refractivity contribution in [1.82, 2.24) is 5.32 Å². The van der Waals surface area contributed by atoms with Crippen molar-refractivity contribution in [1.29, 1.82) is 0 Å². The molecule has 5 heteroatoms. The van der Waals surface area contributed by atoms with Gasteiger partial charge >= 0.3 is 6.03 Å². The van der Waals surface area contributed by atoms with E-state index in [1.54, 1.807) is 4.90 Å². The van der Waals surface area contributed by atoms with Crippen molar-refractivity contribution in [3.05, 3.63) is 59.1 Å². The van der Waals surface area contributed by atoms with Crippen LogP contribution in [0.2, 0.25) is 5.02 Å². The van der Waals surface area contributed by atoms with E-state index < -0.39 is 0 Å². The fourth-order valence-corrected chi connectivity index (χ4v) is 3.09. The highest BCUT2D eigenvalue weighted by molar-refractivity contribution is 6.30. The molecule has 2 aromatic rings. The van der Waals surface area contributed by atoms with Crippen molar-refractivity contribution in [2.75, 3.05) is 11.4 Å². The number of ether oxygens (including phenoxy) is 1. The first-order valence-corrected chi connectivity index (χ1v) is 7.20. The number of urea groups is 1. The SMILES string of the molecule is O=C1NCC2C(c3ccc(Cl)cc3)Oc3ccccc3N12. The Hall–Kier alpha value is -2.20. The molecule has 2 amide bonds. The molecule has 21 heavy (non-hydrogen) atoms. The molecule has 0 radical (unpaired) electrons. The van der Waals surface area contributed by atoms with Crippen LogP contribution in [0.1, 0.15) is 11.7 Å². The van der Waals surface area contributed by atoms with E-state index in [1.165, 1.54) is 0 Å². The minimum atomic E-state index is -0.198. The maximum atomic E-state index is 12.1. The monoisotopic (exact) mass is 300 g/mol. The first-order chi connectivity index (χ1) is 10.2. The molecule has 1 saturated heterocycles. The van der Waals surface area contributed by atoms with Gasteiger partial charge in [0.2, 0.25) is 0 Å². The van der Waals surface area contributed by atoms with Gasteiger partial charge in [0.1, 0.15) is 11.9 Å². The van der Waals surface area contributed by atoms with E-state index in [0.29, 0.717) is 11.6 Å². The fraction of sp³-hybridized carbons (Fsp3) is 0.188. The number of hydrogen-bond donors (Lipinski definition) is 1. The molecular weight excluding hydrogens is 288 g/mol. The van der Waals surface area contributed by atoms with E-state index in [4.69, 9.17) is 16.3 Å². The highest BCUT2D eigenvalue weighted by Crippen LogP contribution is 2.42. The standard InChI is InChI=1S/C16H13ClN2O2/c17-11-7-5-10(6-8-11)15-13-9-18-16(20)19(13)12-3-1-2-4-14(12)21-15/h1-8,13,15H,9H2,(H,18,20). The van der Waals surface area contributed by atoms with Crippen LogP contribution < -0.4 is 15.0 Å². The van der Waals surface area contributed by atoms with Gasteiger partial charge in [-0.2, -0.15) is 0 Å².